The van der Waals surface area contributed by atoms with Crippen LogP contribution >= 0.6 is 22.9 Å². The topological polar surface area (TPSA) is 64.7 Å². The first-order valence-corrected chi connectivity index (χ1v) is 5.69. The molecule has 0 amide bonds. The summed E-state index contributed by atoms with van der Waals surface area (Å²) in [6, 6.07) is -0.702. The molecule has 0 saturated heterocycles. The quantitative estimate of drug-likeness (QED) is 0.903. The van der Waals surface area contributed by atoms with Gasteiger partial charge in [0.1, 0.15) is 0 Å². The van der Waals surface area contributed by atoms with Crippen molar-refractivity contribution in [2.24, 2.45) is 5.73 Å². The molecule has 0 aliphatic rings. The summed E-state index contributed by atoms with van der Waals surface area (Å²) >= 11 is 1.62. The second-order valence-corrected chi connectivity index (χ2v) is 4.55. The van der Waals surface area contributed by atoms with E-state index in [9.17, 15) is 13.2 Å². The smallest absolute Gasteiger partial charge is 0.318 e. The summed E-state index contributed by atoms with van der Waals surface area (Å²) in [6.07, 6.45) is -3.31. The lowest BCUT2D eigenvalue weighted by Crippen LogP contribution is -2.10. The van der Waals surface area contributed by atoms with Crippen LogP contribution in [0.25, 0.3) is 0 Å². The van der Waals surface area contributed by atoms with Gasteiger partial charge in [-0.1, -0.05) is 4.49 Å². The number of nitrogens with zero attached hydrogens (tertiary/aromatic N) is 3. The third kappa shape index (κ3) is 2.20. The maximum absolute atomic E-state index is 12.3. The zero-order valence-electron chi connectivity index (χ0n) is 7.60. The van der Waals surface area contributed by atoms with Gasteiger partial charge in [0.25, 0.3) is 0 Å². The third-order valence-electron chi connectivity index (χ3n) is 1.77. The Kier molecular flexibility index (Phi) is 2.91. The van der Waals surface area contributed by atoms with Crippen LogP contribution in [0.3, 0.4) is 0 Å². The molecule has 0 aromatic carbocycles. The first kappa shape index (κ1) is 11.4. The molecule has 0 bridgehead atoms. The zero-order chi connectivity index (χ0) is 11.8. The van der Waals surface area contributed by atoms with E-state index in [0.717, 1.165) is 17.7 Å². The number of hydrogen-bond donors (Lipinski definition) is 1. The predicted octanol–water partition coefficient (Wildman–Crippen LogP) is 2.06. The third-order valence-corrected chi connectivity index (χ3v) is 3.42. The first-order valence-electron chi connectivity index (χ1n) is 4.04. The Labute approximate surface area is 96.1 Å². The molecule has 0 fully saturated rings. The number of rotatable bonds is 2. The van der Waals surface area contributed by atoms with Gasteiger partial charge >= 0.3 is 6.18 Å². The number of hydrogen-bond acceptors (Lipinski definition) is 6. The van der Waals surface area contributed by atoms with E-state index in [1.54, 1.807) is 5.38 Å². The highest BCUT2D eigenvalue weighted by Gasteiger charge is 2.35. The normalized spacial score (nSPS) is 14.0. The summed E-state index contributed by atoms with van der Waals surface area (Å²) in [5, 5.41) is 4.40. The molecule has 16 heavy (non-hydrogen) atoms. The van der Waals surface area contributed by atoms with Crippen LogP contribution in [0.1, 0.15) is 21.6 Å². The number of alkyl halides is 3. The molecular weight excluding hydrogens is 261 g/mol. The molecule has 2 aromatic rings. The second-order valence-electron chi connectivity index (χ2n) is 2.87. The van der Waals surface area contributed by atoms with Gasteiger partial charge < -0.3 is 5.73 Å². The molecule has 86 valence electrons. The number of thiazole rings is 1. The highest BCUT2D eigenvalue weighted by molar-refractivity contribution is 7.11. The first-order chi connectivity index (χ1) is 7.48. The lowest BCUT2D eigenvalue weighted by Gasteiger charge is -2.03. The molecule has 0 saturated carbocycles. The van der Waals surface area contributed by atoms with Crippen LogP contribution in [-0.2, 0) is 6.18 Å². The minimum absolute atomic E-state index is 0.319. The Morgan fingerprint density at radius 3 is 2.62 bits per heavy atom. The van der Waals surface area contributed by atoms with E-state index in [0.29, 0.717) is 21.9 Å². The average Bonchev–Trinajstić information content (AvgIpc) is 2.87. The average molecular weight is 266 g/mol. The lowest BCUT2D eigenvalue weighted by atomic mass is 10.2. The molecule has 2 aromatic heterocycles. The van der Waals surface area contributed by atoms with Crippen molar-refractivity contribution in [3.63, 3.8) is 0 Å². The molecule has 0 spiro atoms. The van der Waals surface area contributed by atoms with Crippen LogP contribution in [0, 0.1) is 0 Å². The van der Waals surface area contributed by atoms with Gasteiger partial charge in [0, 0.05) is 16.5 Å². The van der Waals surface area contributed by atoms with Crippen LogP contribution in [0.2, 0.25) is 0 Å². The van der Waals surface area contributed by atoms with E-state index >= 15 is 0 Å². The molecule has 1 unspecified atom stereocenters. The summed E-state index contributed by atoms with van der Waals surface area (Å²) in [5.41, 5.74) is 6.17. The van der Waals surface area contributed by atoms with Crippen LogP contribution in [0.4, 0.5) is 13.2 Å². The minimum Gasteiger partial charge on any atom is -0.318 e. The van der Waals surface area contributed by atoms with E-state index in [2.05, 4.69) is 14.6 Å². The minimum atomic E-state index is -4.43. The van der Waals surface area contributed by atoms with Gasteiger partial charge in [0.2, 0.25) is 0 Å². The van der Waals surface area contributed by atoms with Crippen molar-refractivity contribution in [3.8, 4) is 0 Å². The van der Waals surface area contributed by atoms with Gasteiger partial charge in [-0.3, -0.25) is 0 Å². The molecule has 2 heterocycles. The summed E-state index contributed by atoms with van der Waals surface area (Å²) in [6.45, 7) is 0. The van der Waals surface area contributed by atoms with Crippen molar-refractivity contribution in [2.75, 3.05) is 0 Å². The maximum atomic E-state index is 12.3. The fourth-order valence-corrected chi connectivity index (χ4v) is 2.30. The Balaban J connectivity index is 2.26. The standard InChI is InChI=1S/C7H5F3N4S2/c8-7(9,10)6-12-1-4(16-6)5(11)3-2-15-14-13-3/h1-2,5H,11H2. The van der Waals surface area contributed by atoms with E-state index in [4.69, 9.17) is 5.73 Å². The van der Waals surface area contributed by atoms with Crippen molar-refractivity contribution >= 4 is 22.9 Å². The largest absolute Gasteiger partial charge is 0.443 e. The molecule has 4 nitrogen and oxygen atoms in total. The molecule has 2 rings (SSSR count). The van der Waals surface area contributed by atoms with Crippen molar-refractivity contribution < 1.29 is 13.2 Å². The van der Waals surface area contributed by atoms with Crippen LogP contribution in [0.15, 0.2) is 11.6 Å². The van der Waals surface area contributed by atoms with E-state index in [-0.39, 0.29) is 0 Å². The van der Waals surface area contributed by atoms with E-state index in [1.165, 1.54) is 0 Å². The molecule has 9 heteroatoms. The van der Waals surface area contributed by atoms with Crippen molar-refractivity contribution in [1.29, 1.82) is 0 Å². The number of aromatic nitrogens is 3. The molecule has 0 aliphatic heterocycles. The van der Waals surface area contributed by atoms with Crippen LogP contribution < -0.4 is 5.73 Å². The summed E-state index contributed by atoms with van der Waals surface area (Å²) in [5.74, 6) is 0. The van der Waals surface area contributed by atoms with E-state index in [1.807, 2.05) is 0 Å². The SMILES string of the molecule is NC(c1csnn1)c1cnc(C(F)(F)F)s1. The second kappa shape index (κ2) is 4.07. The number of nitrogens with two attached hydrogens (primary N) is 1. The van der Waals surface area contributed by atoms with Crippen LogP contribution in [0.5, 0.6) is 0 Å². The van der Waals surface area contributed by atoms with E-state index < -0.39 is 17.2 Å². The lowest BCUT2D eigenvalue weighted by molar-refractivity contribution is -0.137. The van der Waals surface area contributed by atoms with Gasteiger partial charge in [-0.25, -0.2) is 4.98 Å². The predicted molar refractivity (Wildman–Crippen MR) is 53.1 cm³/mol. The van der Waals surface area contributed by atoms with Crippen molar-refractivity contribution in [2.45, 2.75) is 12.2 Å². The van der Waals surface area contributed by atoms with Gasteiger partial charge in [0.05, 0.1) is 11.7 Å². The molecule has 1 atom stereocenters. The Morgan fingerprint density at radius 2 is 2.12 bits per heavy atom. The molecule has 0 radical (unpaired) electrons. The summed E-state index contributed by atoms with van der Waals surface area (Å²) in [7, 11) is 0. The highest BCUT2D eigenvalue weighted by atomic mass is 32.1. The van der Waals surface area contributed by atoms with Crippen molar-refractivity contribution in [1.82, 2.24) is 14.6 Å². The van der Waals surface area contributed by atoms with Gasteiger partial charge in [0.15, 0.2) is 5.01 Å². The monoisotopic (exact) mass is 266 g/mol. The van der Waals surface area contributed by atoms with Gasteiger partial charge in [-0.05, 0) is 11.5 Å². The Bertz CT molecular complexity index is 464. The fraction of sp³-hybridized carbons (Fsp3) is 0.286. The number of halogens is 3. The molecular formula is C7H5F3N4S2. The summed E-state index contributed by atoms with van der Waals surface area (Å²) < 4.78 is 40.5. The fourth-order valence-electron chi connectivity index (χ4n) is 1.01. The summed E-state index contributed by atoms with van der Waals surface area (Å²) in [4.78, 5) is 3.61. The molecule has 2 N–H and O–H groups in total. The van der Waals surface area contributed by atoms with Gasteiger partial charge in [-0.15, -0.1) is 16.4 Å². The van der Waals surface area contributed by atoms with Gasteiger partial charge in [-0.2, -0.15) is 13.2 Å². The van der Waals surface area contributed by atoms with Crippen molar-refractivity contribution in [3.05, 3.63) is 27.2 Å². The Hall–Kier alpha value is -1.06. The maximum Gasteiger partial charge on any atom is 0.443 e. The highest BCUT2D eigenvalue weighted by Crippen LogP contribution is 2.34. The molecule has 0 aliphatic carbocycles. The zero-order valence-corrected chi connectivity index (χ0v) is 9.23. The Morgan fingerprint density at radius 1 is 1.38 bits per heavy atom. The van der Waals surface area contributed by atoms with Crippen LogP contribution in [-0.4, -0.2) is 14.6 Å².